The summed E-state index contributed by atoms with van der Waals surface area (Å²) in [4.78, 5) is 21.0. The maximum atomic E-state index is 12.3. The second kappa shape index (κ2) is 11.4. The minimum Gasteiger partial charge on any atom is -0.488 e. The molecule has 1 unspecified atom stereocenters. The van der Waals surface area contributed by atoms with Crippen LogP contribution in [0.1, 0.15) is 31.2 Å². The number of aryl methyl sites for hydroxylation is 2. The Bertz CT molecular complexity index is 1260. The Labute approximate surface area is 222 Å². The Morgan fingerprint density at radius 2 is 1.79 bits per heavy atom. The number of rotatable bonds is 9. The van der Waals surface area contributed by atoms with Crippen LogP contribution in [0.25, 0.3) is 0 Å². The fourth-order valence-corrected chi connectivity index (χ4v) is 4.85. The van der Waals surface area contributed by atoms with Gasteiger partial charge in [0.05, 0.1) is 6.20 Å². The van der Waals surface area contributed by atoms with Crippen molar-refractivity contribution in [3.63, 3.8) is 0 Å². The van der Waals surface area contributed by atoms with E-state index in [1.54, 1.807) is 22.9 Å². The molecule has 4 heterocycles. The third-order valence-electron chi connectivity index (χ3n) is 6.97. The number of hydrogen-bond acceptors (Lipinski definition) is 8. The molecule has 2 aromatic heterocycles. The van der Waals surface area contributed by atoms with Gasteiger partial charge in [0.1, 0.15) is 36.2 Å². The van der Waals surface area contributed by atoms with E-state index in [-0.39, 0.29) is 30.3 Å². The summed E-state index contributed by atoms with van der Waals surface area (Å²) in [6.45, 7) is 2.61. The van der Waals surface area contributed by atoms with Crippen LogP contribution in [0.5, 0.6) is 17.5 Å². The molecule has 208 valence electrons. The SMILES string of the molecule is O=[N+]([O-])c1cn2c(n1)OC(COc1ccc(N3CCC(CCc4ccc(OC(F)(F)F)cc4)CC3)nc1)CC2. The molecule has 1 atom stereocenters. The Balaban J connectivity index is 1.03. The van der Waals surface area contributed by atoms with Gasteiger partial charge in [-0.25, -0.2) is 4.98 Å². The molecular weight excluding hydrogens is 519 g/mol. The maximum Gasteiger partial charge on any atom is 0.573 e. The molecule has 0 radical (unpaired) electrons. The Morgan fingerprint density at radius 1 is 1.05 bits per heavy atom. The molecule has 0 aliphatic carbocycles. The normalized spacial score (nSPS) is 17.8. The average molecular weight is 548 g/mol. The van der Waals surface area contributed by atoms with Gasteiger partial charge in [-0.15, -0.1) is 13.2 Å². The zero-order valence-electron chi connectivity index (χ0n) is 21.0. The van der Waals surface area contributed by atoms with E-state index in [1.807, 2.05) is 12.1 Å². The number of benzene rings is 1. The Hall–Kier alpha value is -4.03. The van der Waals surface area contributed by atoms with Crippen LogP contribution >= 0.6 is 0 Å². The van der Waals surface area contributed by atoms with E-state index < -0.39 is 11.3 Å². The summed E-state index contributed by atoms with van der Waals surface area (Å²) in [6.07, 6.45) is 2.59. The molecule has 1 aromatic carbocycles. The van der Waals surface area contributed by atoms with Crippen molar-refractivity contribution in [1.29, 1.82) is 0 Å². The molecule has 10 nitrogen and oxygen atoms in total. The molecule has 13 heteroatoms. The number of pyridine rings is 1. The third kappa shape index (κ3) is 7.09. The third-order valence-corrected chi connectivity index (χ3v) is 6.97. The van der Waals surface area contributed by atoms with Gasteiger partial charge in [-0.2, -0.15) is 0 Å². The van der Waals surface area contributed by atoms with Crippen LogP contribution in [0.15, 0.2) is 48.8 Å². The van der Waals surface area contributed by atoms with Crippen molar-refractivity contribution in [2.45, 2.75) is 51.1 Å². The summed E-state index contributed by atoms with van der Waals surface area (Å²) in [5, 5.41) is 10.9. The number of halogens is 3. The lowest BCUT2D eigenvalue weighted by atomic mass is 9.90. The summed E-state index contributed by atoms with van der Waals surface area (Å²) >= 11 is 0. The zero-order chi connectivity index (χ0) is 27.4. The van der Waals surface area contributed by atoms with Crippen molar-refractivity contribution in [1.82, 2.24) is 14.5 Å². The smallest absolute Gasteiger partial charge is 0.488 e. The molecule has 2 aliphatic heterocycles. The van der Waals surface area contributed by atoms with E-state index in [0.29, 0.717) is 24.6 Å². The highest BCUT2D eigenvalue weighted by Crippen LogP contribution is 2.28. The van der Waals surface area contributed by atoms with Crippen LogP contribution in [-0.2, 0) is 13.0 Å². The number of fused-ring (bicyclic) bond motifs is 1. The first-order chi connectivity index (χ1) is 18.7. The number of piperidine rings is 1. The van der Waals surface area contributed by atoms with Gasteiger partial charge in [-0.05, 0) is 66.4 Å². The van der Waals surface area contributed by atoms with Gasteiger partial charge in [-0.1, -0.05) is 12.1 Å². The monoisotopic (exact) mass is 547 g/mol. The summed E-state index contributed by atoms with van der Waals surface area (Å²) in [5.41, 5.74) is 0.995. The van der Waals surface area contributed by atoms with Crippen LogP contribution < -0.4 is 19.1 Å². The Morgan fingerprint density at radius 3 is 2.46 bits per heavy atom. The van der Waals surface area contributed by atoms with E-state index in [0.717, 1.165) is 50.2 Å². The van der Waals surface area contributed by atoms with Crippen molar-refractivity contribution in [2.24, 2.45) is 5.92 Å². The first kappa shape index (κ1) is 26.6. The molecule has 5 rings (SSSR count). The van der Waals surface area contributed by atoms with Crippen molar-refractivity contribution in [3.05, 3.63) is 64.5 Å². The zero-order valence-corrected chi connectivity index (χ0v) is 21.0. The van der Waals surface area contributed by atoms with Gasteiger partial charge < -0.3 is 29.2 Å². The summed E-state index contributed by atoms with van der Waals surface area (Å²) in [7, 11) is 0. The number of anilines is 1. The highest BCUT2D eigenvalue weighted by Gasteiger charge is 2.31. The van der Waals surface area contributed by atoms with Crippen molar-refractivity contribution >= 4 is 11.6 Å². The molecule has 3 aromatic rings. The number of alkyl halides is 3. The van der Waals surface area contributed by atoms with Gasteiger partial charge in [0, 0.05) is 31.0 Å². The molecule has 1 saturated heterocycles. The van der Waals surface area contributed by atoms with Gasteiger partial charge in [0.25, 0.3) is 0 Å². The van der Waals surface area contributed by atoms with Crippen molar-refractivity contribution < 1.29 is 32.3 Å². The lowest BCUT2D eigenvalue weighted by Crippen LogP contribution is -2.34. The minimum absolute atomic E-state index is 0.202. The predicted molar refractivity (Wildman–Crippen MR) is 134 cm³/mol. The summed E-state index contributed by atoms with van der Waals surface area (Å²) < 4.78 is 54.1. The van der Waals surface area contributed by atoms with Crippen LogP contribution in [0.2, 0.25) is 0 Å². The minimum atomic E-state index is -4.68. The molecule has 0 saturated carbocycles. The number of aromatic nitrogens is 3. The first-order valence-electron chi connectivity index (χ1n) is 12.8. The van der Waals surface area contributed by atoms with Crippen LogP contribution in [-0.4, -0.2) is 51.6 Å². The molecule has 0 bridgehead atoms. The summed E-state index contributed by atoms with van der Waals surface area (Å²) in [5.74, 6) is 1.60. The predicted octanol–water partition coefficient (Wildman–Crippen LogP) is 5.16. The standard InChI is InChI=1S/C26H28F3N5O5/c27-26(28,29)39-20-5-3-18(4-6-20)1-2-19-9-12-32(13-10-19)23-8-7-21(15-30-23)37-17-22-11-14-33-16-24(34(35)36)31-25(33)38-22/h3-8,15-16,19,22H,1-2,9-14,17H2. The molecule has 0 spiro atoms. The van der Waals surface area contributed by atoms with Gasteiger partial charge in [-0.3, -0.25) is 4.57 Å². The molecular formula is C26H28F3N5O5. The molecule has 0 N–H and O–H groups in total. The number of ether oxygens (including phenoxy) is 3. The van der Waals surface area contributed by atoms with Crippen molar-refractivity contribution in [2.75, 3.05) is 24.6 Å². The van der Waals surface area contributed by atoms with Gasteiger partial charge in [0.15, 0.2) is 0 Å². The van der Waals surface area contributed by atoms with E-state index in [9.17, 15) is 23.3 Å². The molecule has 1 fully saturated rings. The summed E-state index contributed by atoms with van der Waals surface area (Å²) in [6, 6.07) is 10.1. The second-order valence-corrected chi connectivity index (χ2v) is 9.68. The quantitative estimate of drug-likeness (QED) is 0.267. The fraction of sp³-hybridized carbons (Fsp3) is 0.462. The van der Waals surface area contributed by atoms with Gasteiger partial charge in [0.2, 0.25) is 0 Å². The average Bonchev–Trinajstić information content (AvgIpc) is 3.35. The largest absolute Gasteiger partial charge is 0.573 e. The molecule has 2 aliphatic rings. The van der Waals surface area contributed by atoms with E-state index in [2.05, 4.69) is 19.6 Å². The van der Waals surface area contributed by atoms with Crippen LogP contribution in [0, 0.1) is 16.0 Å². The molecule has 39 heavy (non-hydrogen) atoms. The lowest BCUT2D eigenvalue weighted by molar-refractivity contribution is -0.389. The topological polar surface area (TPSA) is 105 Å². The highest BCUT2D eigenvalue weighted by molar-refractivity contribution is 5.41. The van der Waals surface area contributed by atoms with E-state index in [1.165, 1.54) is 18.3 Å². The second-order valence-electron chi connectivity index (χ2n) is 9.68. The maximum absolute atomic E-state index is 12.3. The highest BCUT2D eigenvalue weighted by atomic mass is 19.4. The molecule has 0 amide bonds. The fourth-order valence-electron chi connectivity index (χ4n) is 4.85. The number of nitro groups is 1. The van der Waals surface area contributed by atoms with E-state index >= 15 is 0 Å². The number of nitrogens with zero attached hydrogens (tertiary/aromatic N) is 5. The lowest BCUT2D eigenvalue weighted by Gasteiger charge is -2.33. The van der Waals surface area contributed by atoms with Crippen molar-refractivity contribution in [3.8, 4) is 17.5 Å². The first-order valence-corrected chi connectivity index (χ1v) is 12.8. The Kier molecular flexibility index (Phi) is 7.75. The van der Waals surface area contributed by atoms with E-state index in [4.69, 9.17) is 9.47 Å². The van der Waals surface area contributed by atoms with Gasteiger partial charge >= 0.3 is 18.2 Å². The van der Waals surface area contributed by atoms with Crippen LogP contribution in [0.3, 0.4) is 0 Å². The number of hydrogen-bond donors (Lipinski definition) is 0. The van der Waals surface area contributed by atoms with Crippen LogP contribution in [0.4, 0.5) is 24.8 Å². The number of imidazole rings is 1.